The number of ketones is 1. The molecule has 1 amide bonds. The zero-order valence-electron chi connectivity index (χ0n) is 16.6. The summed E-state index contributed by atoms with van der Waals surface area (Å²) in [5.74, 6) is -1.07. The summed E-state index contributed by atoms with van der Waals surface area (Å²) in [6.07, 6.45) is 0.688. The van der Waals surface area contributed by atoms with Crippen molar-refractivity contribution in [2.45, 2.75) is 27.2 Å². The van der Waals surface area contributed by atoms with Gasteiger partial charge in [-0.2, -0.15) is 0 Å². The fourth-order valence-electron chi connectivity index (χ4n) is 3.15. The number of amides is 1. The van der Waals surface area contributed by atoms with Crippen molar-refractivity contribution in [3.63, 3.8) is 0 Å². The topological polar surface area (TPSA) is 85.4 Å². The largest absolute Gasteiger partial charge is 0.452 e. The number of Topliss-reactive ketones (excluding diaryl/α,β-unsaturated/α-hetero) is 1. The van der Waals surface area contributed by atoms with Gasteiger partial charge in [0.2, 0.25) is 0 Å². The molecule has 0 saturated carbocycles. The van der Waals surface area contributed by atoms with E-state index in [0.717, 1.165) is 16.8 Å². The first-order valence-corrected chi connectivity index (χ1v) is 9.37. The molecular formula is C23H22N2O4. The second-order valence-corrected chi connectivity index (χ2v) is 6.69. The van der Waals surface area contributed by atoms with Crippen molar-refractivity contribution in [2.75, 3.05) is 11.9 Å². The van der Waals surface area contributed by atoms with Crippen LogP contribution in [0, 0.1) is 6.92 Å². The molecule has 0 atom stereocenters. The van der Waals surface area contributed by atoms with E-state index in [0.29, 0.717) is 28.6 Å². The minimum absolute atomic E-state index is 0.0526. The van der Waals surface area contributed by atoms with Gasteiger partial charge in [0, 0.05) is 22.3 Å². The van der Waals surface area contributed by atoms with Crippen molar-refractivity contribution in [3.8, 4) is 0 Å². The van der Waals surface area contributed by atoms with Gasteiger partial charge in [-0.3, -0.25) is 14.6 Å². The van der Waals surface area contributed by atoms with Crippen LogP contribution in [0.25, 0.3) is 10.9 Å². The molecule has 1 N–H and O–H groups in total. The molecule has 3 rings (SSSR count). The number of hydrogen-bond acceptors (Lipinski definition) is 5. The van der Waals surface area contributed by atoms with Gasteiger partial charge < -0.3 is 10.1 Å². The zero-order chi connectivity index (χ0) is 21.0. The lowest BCUT2D eigenvalue weighted by Gasteiger charge is -2.13. The number of carbonyl (C=O) groups is 3. The highest BCUT2D eigenvalue weighted by Crippen LogP contribution is 2.24. The number of nitrogens with zero attached hydrogens (tertiary/aromatic N) is 1. The van der Waals surface area contributed by atoms with Crippen LogP contribution in [0.3, 0.4) is 0 Å². The molecule has 29 heavy (non-hydrogen) atoms. The molecule has 0 spiro atoms. The average Bonchev–Trinajstić information content (AvgIpc) is 2.72. The molecule has 0 unspecified atom stereocenters. The van der Waals surface area contributed by atoms with Crippen LogP contribution in [0.1, 0.15) is 45.8 Å². The van der Waals surface area contributed by atoms with Crippen LogP contribution in [0.15, 0.2) is 48.5 Å². The molecular weight excluding hydrogens is 368 g/mol. The monoisotopic (exact) mass is 390 g/mol. The number of carbonyl (C=O) groups excluding carboxylic acids is 3. The number of para-hydroxylation sites is 1. The van der Waals surface area contributed by atoms with E-state index in [1.54, 1.807) is 24.3 Å². The lowest BCUT2D eigenvalue weighted by atomic mass is 10.0. The van der Waals surface area contributed by atoms with Crippen LogP contribution in [0.2, 0.25) is 0 Å². The fraction of sp³-hybridized carbons (Fsp3) is 0.217. The fourth-order valence-corrected chi connectivity index (χ4v) is 3.15. The first-order chi connectivity index (χ1) is 13.9. The summed E-state index contributed by atoms with van der Waals surface area (Å²) in [6.45, 7) is 4.88. The number of rotatable bonds is 6. The molecule has 1 aromatic heterocycles. The van der Waals surface area contributed by atoms with Gasteiger partial charge in [-0.25, -0.2) is 4.79 Å². The van der Waals surface area contributed by atoms with Crippen LogP contribution >= 0.6 is 0 Å². The maximum absolute atomic E-state index is 12.8. The van der Waals surface area contributed by atoms with Gasteiger partial charge >= 0.3 is 5.97 Å². The Hall–Kier alpha value is -3.54. The van der Waals surface area contributed by atoms with Crippen molar-refractivity contribution in [1.29, 1.82) is 0 Å². The lowest BCUT2D eigenvalue weighted by Crippen LogP contribution is -2.21. The number of benzene rings is 2. The lowest BCUT2D eigenvalue weighted by molar-refractivity contribution is -0.119. The highest BCUT2D eigenvalue weighted by atomic mass is 16.5. The Bertz CT molecular complexity index is 1090. The number of hydrogen-bond donors (Lipinski definition) is 1. The summed E-state index contributed by atoms with van der Waals surface area (Å²) in [5.41, 5.74) is 3.82. The summed E-state index contributed by atoms with van der Waals surface area (Å²) in [6, 6.07) is 13.9. The molecule has 148 valence electrons. The first-order valence-electron chi connectivity index (χ1n) is 9.37. The van der Waals surface area contributed by atoms with E-state index in [2.05, 4.69) is 10.3 Å². The van der Waals surface area contributed by atoms with E-state index in [1.165, 1.54) is 6.92 Å². The summed E-state index contributed by atoms with van der Waals surface area (Å²) in [4.78, 5) is 40.8. The summed E-state index contributed by atoms with van der Waals surface area (Å²) >= 11 is 0. The molecule has 6 heteroatoms. The molecule has 0 aliphatic rings. The highest BCUT2D eigenvalue weighted by molar-refractivity contribution is 6.06. The second kappa shape index (κ2) is 8.65. The SMILES string of the molecule is CCc1nc2ccccc2c(C(=O)OCC(=O)Nc2ccc(C(C)=O)cc2)c1C. The summed E-state index contributed by atoms with van der Waals surface area (Å²) in [5, 5.41) is 3.35. The van der Waals surface area contributed by atoms with Crippen molar-refractivity contribution >= 4 is 34.3 Å². The summed E-state index contributed by atoms with van der Waals surface area (Å²) < 4.78 is 5.28. The Morgan fingerprint density at radius 3 is 2.38 bits per heavy atom. The number of aromatic nitrogens is 1. The molecule has 0 fully saturated rings. The second-order valence-electron chi connectivity index (χ2n) is 6.69. The molecule has 3 aromatic rings. The van der Waals surface area contributed by atoms with E-state index in [9.17, 15) is 14.4 Å². The van der Waals surface area contributed by atoms with E-state index < -0.39 is 18.5 Å². The smallest absolute Gasteiger partial charge is 0.339 e. The van der Waals surface area contributed by atoms with Gasteiger partial charge in [-0.1, -0.05) is 25.1 Å². The minimum atomic E-state index is -0.558. The van der Waals surface area contributed by atoms with Gasteiger partial charge in [0.05, 0.1) is 11.1 Å². The third-order valence-corrected chi connectivity index (χ3v) is 4.69. The van der Waals surface area contributed by atoms with Gasteiger partial charge in [0.25, 0.3) is 5.91 Å². The van der Waals surface area contributed by atoms with E-state index >= 15 is 0 Å². The number of anilines is 1. The maximum Gasteiger partial charge on any atom is 0.339 e. The molecule has 0 bridgehead atoms. The normalized spacial score (nSPS) is 10.6. The predicted molar refractivity (Wildman–Crippen MR) is 111 cm³/mol. The Balaban J connectivity index is 1.73. The van der Waals surface area contributed by atoms with Gasteiger partial charge in [-0.15, -0.1) is 0 Å². The number of esters is 1. The van der Waals surface area contributed by atoms with E-state index in [1.807, 2.05) is 38.1 Å². The predicted octanol–water partition coefficient (Wildman–Crippen LogP) is 4.10. The number of ether oxygens (including phenoxy) is 1. The molecule has 0 aliphatic heterocycles. The molecule has 0 radical (unpaired) electrons. The van der Waals surface area contributed by atoms with Crippen molar-refractivity contribution < 1.29 is 19.1 Å². The minimum Gasteiger partial charge on any atom is -0.452 e. The van der Waals surface area contributed by atoms with Crippen molar-refractivity contribution in [3.05, 3.63) is 70.9 Å². The van der Waals surface area contributed by atoms with Crippen molar-refractivity contribution in [1.82, 2.24) is 4.98 Å². The molecule has 6 nitrogen and oxygen atoms in total. The van der Waals surface area contributed by atoms with Crippen LogP contribution in [-0.4, -0.2) is 29.3 Å². The van der Waals surface area contributed by atoms with Gasteiger partial charge in [-0.05, 0) is 56.2 Å². The van der Waals surface area contributed by atoms with Crippen LogP contribution < -0.4 is 5.32 Å². The quantitative estimate of drug-likeness (QED) is 0.506. The molecule has 2 aromatic carbocycles. The van der Waals surface area contributed by atoms with Gasteiger partial charge in [0.15, 0.2) is 12.4 Å². The number of aryl methyl sites for hydroxylation is 1. The van der Waals surface area contributed by atoms with Crippen LogP contribution in [0.5, 0.6) is 0 Å². The summed E-state index contributed by atoms with van der Waals surface area (Å²) in [7, 11) is 0. The number of nitrogens with one attached hydrogen (secondary N) is 1. The van der Waals surface area contributed by atoms with E-state index in [4.69, 9.17) is 4.74 Å². The van der Waals surface area contributed by atoms with Crippen molar-refractivity contribution in [2.24, 2.45) is 0 Å². The molecule has 0 aliphatic carbocycles. The zero-order valence-corrected chi connectivity index (χ0v) is 16.6. The number of pyridine rings is 1. The van der Waals surface area contributed by atoms with E-state index in [-0.39, 0.29) is 5.78 Å². The van der Waals surface area contributed by atoms with Gasteiger partial charge in [0.1, 0.15) is 0 Å². The standard InChI is InChI=1S/C23H22N2O4/c1-4-19-14(2)22(18-7-5-6-8-20(18)25-19)23(28)29-13-21(27)24-17-11-9-16(10-12-17)15(3)26/h5-12H,4,13H2,1-3H3,(H,24,27). The Kier molecular flexibility index (Phi) is 6.02. The highest BCUT2D eigenvalue weighted by Gasteiger charge is 2.19. The molecule has 0 saturated heterocycles. The Morgan fingerprint density at radius 2 is 1.72 bits per heavy atom. The Morgan fingerprint density at radius 1 is 1.03 bits per heavy atom. The molecule has 1 heterocycles. The first kappa shape index (κ1) is 20.2. The third kappa shape index (κ3) is 4.48. The maximum atomic E-state index is 12.8. The number of fused-ring (bicyclic) bond motifs is 1. The average molecular weight is 390 g/mol. The van der Waals surface area contributed by atoms with Crippen LogP contribution in [-0.2, 0) is 16.0 Å². The Labute approximate surface area is 168 Å². The third-order valence-electron chi connectivity index (χ3n) is 4.69. The van der Waals surface area contributed by atoms with Crippen LogP contribution in [0.4, 0.5) is 5.69 Å².